The number of amides is 1. The van der Waals surface area contributed by atoms with Gasteiger partial charge in [-0.05, 0) is 12.1 Å². The molecule has 7 heteroatoms. The van der Waals surface area contributed by atoms with Crippen molar-refractivity contribution in [3.05, 3.63) is 18.2 Å². The third-order valence-electron chi connectivity index (χ3n) is 4.41. The molecule has 0 radical (unpaired) electrons. The Hall–Kier alpha value is -2.44. The lowest BCUT2D eigenvalue weighted by atomic mass is 10.1. The first-order chi connectivity index (χ1) is 12.4. The summed E-state index contributed by atoms with van der Waals surface area (Å²) in [7, 11) is 1.37. The molecule has 1 aliphatic heterocycles. The van der Waals surface area contributed by atoms with Gasteiger partial charge in [0.05, 0.1) is 20.1 Å². The number of esters is 1. The lowest BCUT2D eigenvalue weighted by Gasteiger charge is -2.31. The molecule has 1 fully saturated rings. The van der Waals surface area contributed by atoms with Crippen molar-refractivity contribution in [3.63, 3.8) is 0 Å². The zero-order valence-electron chi connectivity index (χ0n) is 15.7. The molecule has 0 aromatic heterocycles. The van der Waals surface area contributed by atoms with Gasteiger partial charge in [0.2, 0.25) is 5.91 Å². The number of rotatable bonds is 7. The molecule has 1 amide bonds. The zero-order valence-corrected chi connectivity index (χ0v) is 15.7. The number of piperidine rings is 1. The topological polar surface area (TPSA) is 91.1 Å². The van der Waals surface area contributed by atoms with Gasteiger partial charge in [0, 0.05) is 50.5 Å². The van der Waals surface area contributed by atoms with Gasteiger partial charge in [-0.15, -0.1) is 0 Å². The minimum absolute atomic E-state index is 0.00976. The predicted octanol–water partition coefficient (Wildman–Crippen LogP) is 2.24. The summed E-state index contributed by atoms with van der Waals surface area (Å²) in [5.74, 6) is 1.04. The van der Waals surface area contributed by atoms with Crippen LogP contribution in [0, 0.1) is 5.92 Å². The summed E-state index contributed by atoms with van der Waals surface area (Å²) in [6.07, 6.45) is 1.88. The van der Waals surface area contributed by atoms with Crippen LogP contribution < -0.4 is 15.2 Å². The van der Waals surface area contributed by atoms with Crippen LogP contribution in [0.15, 0.2) is 18.2 Å². The molecule has 1 aliphatic rings. The maximum Gasteiger partial charge on any atom is 0.305 e. The van der Waals surface area contributed by atoms with Gasteiger partial charge >= 0.3 is 5.97 Å². The molecule has 1 atom stereocenters. The van der Waals surface area contributed by atoms with Crippen LogP contribution in [-0.4, -0.2) is 49.7 Å². The number of methoxy groups -OCH3 is 1. The van der Waals surface area contributed by atoms with Gasteiger partial charge in [-0.2, -0.15) is 0 Å². The van der Waals surface area contributed by atoms with E-state index < -0.39 is 0 Å². The fraction of sp³-hybridized carbons (Fsp3) is 0.579. The van der Waals surface area contributed by atoms with Crippen LogP contribution in [0.2, 0.25) is 0 Å². The third kappa shape index (κ3) is 5.82. The van der Waals surface area contributed by atoms with Crippen LogP contribution in [0.3, 0.4) is 0 Å². The highest BCUT2D eigenvalue weighted by atomic mass is 16.5. The number of likely N-dealkylation sites (tertiary alicyclic amines) is 1. The van der Waals surface area contributed by atoms with Crippen LogP contribution in [0.4, 0.5) is 5.69 Å². The quantitative estimate of drug-likeness (QED) is 0.589. The normalized spacial score (nSPS) is 16.0. The van der Waals surface area contributed by atoms with Crippen molar-refractivity contribution in [2.24, 2.45) is 5.92 Å². The number of ether oxygens (including phenoxy) is 3. The second kappa shape index (κ2) is 9.31. The molecule has 0 bridgehead atoms. The predicted molar refractivity (Wildman–Crippen MR) is 98.1 cm³/mol. The number of benzene rings is 1. The van der Waals surface area contributed by atoms with Gasteiger partial charge in [0.15, 0.2) is 11.5 Å². The van der Waals surface area contributed by atoms with E-state index in [4.69, 9.17) is 15.2 Å². The Morgan fingerprint density at radius 1 is 1.27 bits per heavy atom. The van der Waals surface area contributed by atoms with Gasteiger partial charge in [0.25, 0.3) is 0 Å². The second-order valence-electron chi connectivity index (χ2n) is 6.73. The van der Waals surface area contributed by atoms with Crippen LogP contribution in [0.1, 0.15) is 33.1 Å². The number of hydrogen-bond donors (Lipinski definition) is 1. The number of anilines is 1. The summed E-state index contributed by atoms with van der Waals surface area (Å²) in [6, 6.07) is 5.29. The van der Waals surface area contributed by atoms with Crippen LogP contribution in [0.25, 0.3) is 0 Å². The van der Waals surface area contributed by atoms with E-state index in [1.807, 2.05) is 11.8 Å². The molecule has 1 unspecified atom stereocenters. The molecule has 1 aromatic carbocycles. The molecule has 0 spiro atoms. The first-order valence-electron chi connectivity index (χ1n) is 8.90. The van der Waals surface area contributed by atoms with Gasteiger partial charge in [-0.3, -0.25) is 9.59 Å². The van der Waals surface area contributed by atoms with E-state index in [-0.39, 0.29) is 23.9 Å². The standard InChI is InChI=1S/C19H28N2O5/c1-13(10-19(23)24-3)12-25-18-11-15(20)4-5-17(18)26-16-6-8-21(9-7-16)14(2)22/h4-5,11,13,16H,6-10,12,20H2,1-3H3. The minimum atomic E-state index is -0.262. The fourth-order valence-electron chi connectivity index (χ4n) is 2.86. The second-order valence-corrected chi connectivity index (χ2v) is 6.73. The molecule has 144 valence electrons. The maximum atomic E-state index is 11.4. The van der Waals surface area contributed by atoms with Crippen LogP contribution in [-0.2, 0) is 14.3 Å². The third-order valence-corrected chi connectivity index (χ3v) is 4.41. The van der Waals surface area contributed by atoms with Crippen molar-refractivity contribution >= 4 is 17.6 Å². The Balaban J connectivity index is 1.94. The molecule has 1 heterocycles. The first-order valence-corrected chi connectivity index (χ1v) is 8.90. The van der Waals surface area contributed by atoms with Crippen LogP contribution in [0.5, 0.6) is 11.5 Å². The molecule has 0 aliphatic carbocycles. The number of nitrogens with zero attached hydrogens (tertiary/aromatic N) is 1. The van der Waals surface area contributed by atoms with Crippen molar-refractivity contribution < 1.29 is 23.8 Å². The maximum absolute atomic E-state index is 11.4. The van der Waals surface area contributed by atoms with E-state index in [0.29, 0.717) is 43.3 Å². The van der Waals surface area contributed by atoms with E-state index in [2.05, 4.69) is 4.74 Å². The Morgan fingerprint density at radius 2 is 1.96 bits per heavy atom. The first kappa shape index (κ1) is 19.9. The summed E-state index contributed by atoms with van der Waals surface area (Å²) in [5, 5.41) is 0. The van der Waals surface area contributed by atoms with E-state index in [1.165, 1.54) is 7.11 Å². The highest BCUT2D eigenvalue weighted by molar-refractivity contribution is 5.73. The summed E-state index contributed by atoms with van der Waals surface area (Å²) >= 11 is 0. The molecular weight excluding hydrogens is 336 g/mol. The van der Waals surface area contributed by atoms with E-state index in [9.17, 15) is 9.59 Å². The van der Waals surface area contributed by atoms with Gasteiger partial charge in [0.1, 0.15) is 6.10 Å². The summed E-state index contributed by atoms with van der Waals surface area (Å²) in [4.78, 5) is 24.6. The molecule has 0 saturated carbocycles. The zero-order chi connectivity index (χ0) is 19.1. The highest BCUT2D eigenvalue weighted by Crippen LogP contribution is 2.32. The average molecular weight is 364 g/mol. The molecule has 1 aromatic rings. The minimum Gasteiger partial charge on any atom is -0.489 e. The molecular formula is C19H28N2O5. The van der Waals surface area contributed by atoms with Gasteiger partial charge in [-0.25, -0.2) is 0 Å². The Labute approximate surface area is 154 Å². The van der Waals surface area contributed by atoms with Crippen LogP contribution >= 0.6 is 0 Å². The molecule has 1 saturated heterocycles. The number of nitrogens with two attached hydrogens (primary N) is 1. The van der Waals surface area contributed by atoms with Crippen molar-refractivity contribution in [3.8, 4) is 11.5 Å². The summed E-state index contributed by atoms with van der Waals surface area (Å²) in [6.45, 7) is 5.25. The summed E-state index contributed by atoms with van der Waals surface area (Å²) in [5.41, 5.74) is 6.45. The highest BCUT2D eigenvalue weighted by Gasteiger charge is 2.23. The van der Waals surface area contributed by atoms with Gasteiger partial charge < -0.3 is 24.8 Å². The number of hydrogen-bond acceptors (Lipinski definition) is 6. The Kier molecular flexibility index (Phi) is 7.12. The monoisotopic (exact) mass is 364 g/mol. The van der Waals surface area contributed by atoms with E-state index in [0.717, 1.165) is 12.8 Å². The molecule has 2 rings (SSSR count). The smallest absolute Gasteiger partial charge is 0.305 e. The van der Waals surface area contributed by atoms with E-state index in [1.54, 1.807) is 25.1 Å². The molecule has 2 N–H and O–H groups in total. The number of carbonyl (C=O) groups is 2. The molecule has 26 heavy (non-hydrogen) atoms. The van der Waals surface area contributed by atoms with Crippen molar-refractivity contribution in [1.29, 1.82) is 0 Å². The fourth-order valence-corrected chi connectivity index (χ4v) is 2.86. The SMILES string of the molecule is COC(=O)CC(C)COc1cc(N)ccc1OC1CCN(C(C)=O)CC1. The summed E-state index contributed by atoms with van der Waals surface area (Å²) < 4.78 is 16.6. The largest absolute Gasteiger partial charge is 0.489 e. The Bertz CT molecular complexity index is 626. The van der Waals surface area contributed by atoms with E-state index >= 15 is 0 Å². The number of nitrogen functional groups attached to an aromatic ring is 1. The van der Waals surface area contributed by atoms with Crippen molar-refractivity contribution in [1.82, 2.24) is 4.90 Å². The Morgan fingerprint density at radius 3 is 2.58 bits per heavy atom. The van der Waals surface area contributed by atoms with Crippen molar-refractivity contribution in [2.45, 2.75) is 39.2 Å². The average Bonchev–Trinajstić information content (AvgIpc) is 2.62. The number of carbonyl (C=O) groups excluding carboxylic acids is 2. The lowest BCUT2D eigenvalue weighted by molar-refractivity contribution is -0.141. The van der Waals surface area contributed by atoms with Gasteiger partial charge in [-0.1, -0.05) is 6.92 Å². The lowest BCUT2D eigenvalue weighted by Crippen LogP contribution is -2.40. The van der Waals surface area contributed by atoms with Crippen molar-refractivity contribution in [2.75, 3.05) is 32.5 Å². The molecule has 7 nitrogen and oxygen atoms in total.